The smallest absolute Gasteiger partial charge is 0.188 e. The fraction of sp³-hybridized carbons (Fsp3) is 0.889. The zero-order valence-corrected chi connectivity index (χ0v) is 9.48. The van der Waals surface area contributed by atoms with Gasteiger partial charge in [-0.15, -0.1) is 0 Å². The molecule has 14 heavy (non-hydrogen) atoms. The van der Waals surface area contributed by atoms with Crippen LogP contribution in [0.5, 0.6) is 0 Å². The summed E-state index contributed by atoms with van der Waals surface area (Å²) >= 11 is 2.00. The summed E-state index contributed by atoms with van der Waals surface area (Å²) in [5.74, 6) is 1.81. The Kier molecular flexibility index (Phi) is 5.78. The van der Waals surface area contributed by atoms with Crippen LogP contribution in [0.2, 0.25) is 0 Å². The molecule has 1 fully saturated rings. The maximum absolute atomic E-state index is 5.67. The second kappa shape index (κ2) is 6.95. The van der Waals surface area contributed by atoms with Gasteiger partial charge in [-0.2, -0.15) is 11.8 Å². The van der Waals surface area contributed by atoms with Crippen molar-refractivity contribution in [3.8, 4) is 0 Å². The molecule has 0 spiro atoms. The molecule has 0 aromatic carbocycles. The zero-order chi connectivity index (χ0) is 10.2. The molecule has 0 bridgehead atoms. The Hall–Kier alpha value is -0.420. The van der Waals surface area contributed by atoms with Crippen LogP contribution in [0, 0.1) is 0 Å². The van der Waals surface area contributed by atoms with E-state index in [0.29, 0.717) is 17.8 Å². The highest BCUT2D eigenvalue weighted by molar-refractivity contribution is 8.00. The summed E-state index contributed by atoms with van der Waals surface area (Å²) in [6.45, 7) is 2.23. The molecule has 0 aromatic rings. The van der Waals surface area contributed by atoms with Gasteiger partial charge in [0.1, 0.15) is 0 Å². The van der Waals surface area contributed by atoms with Gasteiger partial charge >= 0.3 is 0 Å². The first-order valence-electron chi connectivity index (χ1n) is 4.97. The molecule has 1 heterocycles. The van der Waals surface area contributed by atoms with E-state index in [1.54, 1.807) is 7.11 Å². The van der Waals surface area contributed by atoms with Crippen molar-refractivity contribution in [1.29, 1.82) is 0 Å². The molecular weight excluding hydrogens is 198 g/mol. The lowest BCUT2D eigenvalue weighted by atomic mass is 10.2. The summed E-state index contributed by atoms with van der Waals surface area (Å²) < 4.78 is 4.89. The lowest BCUT2D eigenvalue weighted by molar-refractivity contribution is 0.204. The molecule has 1 unspecified atom stereocenters. The van der Waals surface area contributed by atoms with E-state index in [9.17, 15) is 0 Å². The van der Waals surface area contributed by atoms with Crippen LogP contribution in [0.15, 0.2) is 4.99 Å². The summed E-state index contributed by atoms with van der Waals surface area (Å²) in [7, 11) is 1.67. The highest BCUT2D eigenvalue weighted by Gasteiger charge is 2.14. The van der Waals surface area contributed by atoms with Gasteiger partial charge in [0.25, 0.3) is 0 Å². The van der Waals surface area contributed by atoms with Gasteiger partial charge in [-0.25, -0.2) is 0 Å². The van der Waals surface area contributed by atoms with E-state index >= 15 is 0 Å². The van der Waals surface area contributed by atoms with Crippen LogP contribution < -0.4 is 11.1 Å². The van der Waals surface area contributed by atoms with E-state index in [1.165, 1.54) is 18.6 Å². The normalized spacial score (nSPS) is 22.6. The van der Waals surface area contributed by atoms with E-state index in [2.05, 4.69) is 10.3 Å². The number of hydrogen-bond donors (Lipinski definition) is 2. The summed E-state index contributed by atoms with van der Waals surface area (Å²) in [4.78, 5) is 4.28. The van der Waals surface area contributed by atoms with Gasteiger partial charge in [-0.1, -0.05) is 0 Å². The maximum atomic E-state index is 5.67. The third-order valence-corrected chi connectivity index (χ3v) is 3.48. The van der Waals surface area contributed by atoms with Crippen LogP contribution in [-0.2, 0) is 4.74 Å². The van der Waals surface area contributed by atoms with Crippen molar-refractivity contribution in [1.82, 2.24) is 5.32 Å². The molecule has 1 saturated heterocycles. The van der Waals surface area contributed by atoms with Crippen molar-refractivity contribution in [3.05, 3.63) is 0 Å². The van der Waals surface area contributed by atoms with Crippen LogP contribution in [0.25, 0.3) is 0 Å². The van der Waals surface area contributed by atoms with Crippen molar-refractivity contribution in [2.45, 2.75) is 18.1 Å². The molecule has 1 rings (SSSR count). The number of thioether (sulfide) groups is 1. The van der Waals surface area contributed by atoms with Gasteiger partial charge in [0.15, 0.2) is 5.96 Å². The summed E-state index contributed by atoms with van der Waals surface area (Å²) in [5.41, 5.74) is 5.67. The minimum Gasteiger partial charge on any atom is -0.383 e. The molecular formula is C9H19N3OS. The Morgan fingerprint density at radius 1 is 1.71 bits per heavy atom. The Balaban J connectivity index is 2.08. The third kappa shape index (κ3) is 4.72. The lowest BCUT2D eigenvalue weighted by Gasteiger charge is -2.07. The summed E-state index contributed by atoms with van der Waals surface area (Å²) in [5, 5.41) is 3.68. The molecule has 5 heteroatoms. The van der Waals surface area contributed by atoms with Gasteiger partial charge in [0, 0.05) is 18.9 Å². The number of nitrogens with zero attached hydrogens (tertiary/aromatic N) is 1. The number of hydrogen-bond acceptors (Lipinski definition) is 3. The predicted molar refractivity (Wildman–Crippen MR) is 61.8 cm³/mol. The molecule has 0 amide bonds. The van der Waals surface area contributed by atoms with Gasteiger partial charge in [0.05, 0.1) is 13.2 Å². The molecule has 0 aromatic heterocycles. The number of ether oxygens (including phenoxy) is 1. The topological polar surface area (TPSA) is 59.6 Å². The van der Waals surface area contributed by atoms with Gasteiger partial charge in [0.2, 0.25) is 0 Å². The van der Waals surface area contributed by atoms with Gasteiger partial charge < -0.3 is 15.8 Å². The number of methoxy groups -OCH3 is 1. The minimum atomic E-state index is 0.537. The predicted octanol–water partition coefficient (Wildman–Crippen LogP) is 0.433. The van der Waals surface area contributed by atoms with E-state index in [-0.39, 0.29) is 0 Å². The van der Waals surface area contributed by atoms with Crippen molar-refractivity contribution >= 4 is 17.7 Å². The molecule has 0 radical (unpaired) electrons. The van der Waals surface area contributed by atoms with Crippen molar-refractivity contribution < 1.29 is 4.74 Å². The Morgan fingerprint density at radius 3 is 3.21 bits per heavy atom. The highest BCUT2D eigenvalue weighted by Crippen LogP contribution is 2.25. The monoisotopic (exact) mass is 217 g/mol. The van der Waals surface area contributed by atoms with Crippen molar-refractivity contribution in [2.24, 2.45) is 10.7 Å². The first kappa shape index (κ1) is 11.7. The highest BCUT2D eigenvalue weighted by atomic mass is 32.2. The quantitative estimate of drug-likeness (QED) is 0.398. The van der Waals surface area contributed by atoms with Crippen LogP contribution >= 0.6 is 11.8 Å². The Labute approximate surface area is 89.7 Å². The Morgan fingerprint density at radius 2 is 2.57 bits per heavy atom. The van der Waals surface area contributed by atoms with E-state index in [0.717, 1.165) is 13.1 Å². The van der Waals surface area contributed by atoms with Crippen molar-refractivity contribution in [2.75, 3.05) is 32.6 Å². The molecule has 0 aliphatic carbocycles. The molecule has 1 atom stereocenters. The second-order valence-corrected chi connectivity index (χ2v) is 4.69. The van der Waals surface area contributed by atoms with Crippen LogP contribution in [0.1, 0.15) is 12.8 Å². The standard InChI is InChI=1S/C9H19N3OS/c1-13-5-4-11-9(10)12-7-8-3-2-6-14-8/h8H,2-7H2,1H3,(H3,10,11,12). The average molecular weight is 217 g/mol. The fourth-order valence-corrected chi connectivity index (χ4v) is 2.51. The minimum absolute atomic E-state index is 0.537. The number of nitrogens with two attached hydrogens (primary N) is 1. The zero-order valence-electron chi connectivity index (χ0n) is 8.66. The van der Waals surface area contributed by atoms with E-state index in [1.807, 2.05) is 11.8 Å². The van der Waals surface area contributed by atoms with Crippen LogP contribution in [0.4, 0.5) is 0 Å². The number of aliphatic imine (C=N–C) groups is 1. The molecule has 0 saturated carbocycles. The Bertz CT molecular complexity index is 181. The third-order valence-electron chi connectivity index (χ3n) is 2.10. The van der Waals surface area contributed by atoms with E-state index in [4.69, 9.17) is 10.5 Å². The first-order chi connectivity index (χ1) is 6.83. The summed E-state index contributed by atoms with van der Waals surface area (Å²) in [6, 6.07) is 0. The number of guanidine groups is 1. The molecule has 4 nitrogen and oxygen atoms in total. The van der Waals surface area contributed by atoms with Crippen LogP contribution in [0.3, 0.4) is 0 Å². The van der Waals surface area contributed by atoms with Crippen molar-refractivity contribution in [3.63, 3.8) is 0 Å². The molecule has 3 N–H and O–H groups in total. The first-order valence-corrected chi connectivity index (χ1v) is 6.02. The summed E-state index contributed by atoms with van der Waals surface area (Å²) in [6.07, 6.45) is 2.60. The largest absolute Gasteiger partial charge is 0.383 e. The van der Waals surface area contributed by atoms with E-state index < -0.39 is 0 Å². The second-order valence-electron chi connectivity index (χ2n) is 3.28. The number of rotatable bonds is 5. The maximum Gasteiger partial charge on any atom is 0.188 e. The SMILES string of the molecule is COCCNC(N)=NCC1CCCS1. The van der Waals surface area contributed by atoms with Crippen LogP contribution in [-0.4, -0.2) is 43.8 Å². The lowest BCUT2D eigenvalue weighted by Crippen LogP contribution is -2.34. The fourth-order valence-electron chi connectivity index (χ4n) is 1.33. The average Bonchev–Trinajstić information content (AvgIpc) is 2.68. The molecule has 1 aliphatic rings. The molecule has 1 aliphatic heterocycles. The molecule has 82 valence electrons. The van der Waals surface area contributed by atoms with Gasteiger partial charge in [-0.3, -0.25) is 4.99 Å². The van der Waals surface area contributed by atoms with Gasteiger partial charge in [-0.05, 0) is 18.6 Å². The number of nitrogens with one attached hydrogen (secondary N) is 1.